The maximum absolute atomic E-state index is 12.0. The van der Waals surface area contributed by atoms with Gasteiger partial charge in [0.2, 0.25) is 0 Å². The third-order valence-corrected chi connectivity index (χ3v) is 3.66. The molecule has 4 nitrogen and oxygen atoms in total. The van der Waals surface area contributed by atoms with Gasteiger partial charge in [0.1, 0.15) is 0 Å². The highest BCUT2D eigenvalue weighted by Crippen LogP contribution is 2.23. The number of aryl methyl sites for hydroxylation is 2. The number of halogens is 1. The number of nitrogens with two attached hydrogens (primary N) is 1. The van der Waals surface area contributed by atoms with Crippen LogP contribution in [0, 0.1) is 0 Å². The van der Waals surface area contributed by atoms with Crippen LogP contribution < -0.4 is 5.73 Å². The van der Waals surface area contributed by atoms with Crippen molar-refractivity contribution in [3.8, 4) is 0 Å². The minimum absolute atomic E-state index is 0.0236. The van der Waals surface area contributed by atoms with Gasteiger partial charge in [0.05, 0.1) is 27.8 Å². The highest BCUT2D eigenvalue weighted by atomic mass is 79.9. The lowest BCUT2D eigenvalue weighted by Crippen LogP contribution is -2.42. The van der Waals surface area contributed by atoms with E-state index in [1.807, 2.05) is 18.5 Å². The maximum atomic E-state index is 12.0. The molecule has 0 saturated carbocycles. The number of rotatable bonds is 5. The topological polar surface area (TPSA) is 60.9 Å². The molecule has 0 saturated heterocycles. The number of carbonyl (C=O) groups is 1. The molecule has 1 aromatic heterocycles. The van der Waals surface area contributed by atoms with Gasteiger partial charge in [-0.2, -0.15) is 5.10 Å². The van der Waals surface area contributed by atoms with Gasteiger partial charge in [-0.25, -0.2) is 0 Å². The van der Waals surface area contributed by atoms with Crippen LogP contribution in [0.1, 0.15) is 39.1 Å². The van der Waals surface area contributed by atoms with Crippen molar-refractivity contribution in [2.24, 2.45) is 5.73 Å². The second-order valence-electron chi connectivity index (χ2n) is 4.70. The van der Waals surface area contributed by atoms with E-state index in [9.17, 15) is 4.79 Å². The predicted molar refractivity (Wildman–Crippen MR) is 72.0 cm³/mol. The Morgan fingerprint density at radius 1 is 1.47 bits per heavy atom. The third kappa shape index (κ3) is 3.16. The average Bonchev–Trinajstić information content (AvgIpc) is 2.54. The molecule has 1 aromatic rings. The molecule has 2 N–H and O–H groups in total. The molecule has 0 radical (unpaired) electrons. The van der Waals surface area contributed by atoms with Crippen molar-refractivity contribution in [2.45, 2.75) is 52.6 Å². The standard InChI is InChI=1S/C12H20BrN3O/c1-5-8-11(13)9(16(6-2)15-8)7-10(17)12(3,4)14/h5-7,14H2,1-4H3. The minimum Gasteiger partial charge on any atom is -0.319 e. The first-order chi connectivity index (χ1) is 7.81. The quantitative estimate of drug-likeness (QED) is 0.906. The first kappa shape index (κ1) is 14.4. The van der Waals surface area contributed by atoms with Gasteiger partial charge < -0.3 is 5.73 Å². The maximum Gasteiger partial charge on any atom is 0.158 e. The Kier molecular flexibility index (Phi) is 4.49. The van der Waals surface area contributed by atoms with Gasteiger partial charge in [-0.1, -0.05) is 6.92 Å². The molecule has 0 aliphatic rings. The zero-order valence-electron chi connectivity index (χ0n) is 10.9. The van der Waals surface area contributed by atoms with Gasteiger partial charge in [0.15, 0.2) is 5.78 Å². The van der Waals surface area contributed by atoms with Crippen LogP contribution in [-0.2, 0) is 24.2 Å². The zero-order chi connectivity index (χ0) is 13.2. The number of aromatic nitrogens is 2. The SMILES string of the molecule is CCc1nn(CC)c(CC(=O)C(C)(C)N)c1Br. The van der Waals surface area contributed by atoms with Gasteiger partial charge in [-0.05, 0) is 43.1 Å². The molecule has 0 bridgehead atoms. The molecule has 17 heavy (non-hydrogen) atoms. The van der Waals surface area contributed by atoms with Crippen LogP contribution in [0.5, 0.6) is 0 Å². The molecular weight excluding hydrogens is 282 g/mol. The molecule has 0 aliphatic carbocycles. The summed E-state index contributed by atoms with van der Waals surface area (Å²) in [5.74, 6) is 0.0236. The number of nitrogens with zero attached hydrogens (tertiary/aromatic N) is 2. The Labute approximate surface area is 111 Å². The summed E-state index contributed by atoms with van der Waals surface area (Å²) < 4.78 is 2.81. The second-order valence-corrected chi connectivity index (χ2v) is 5.49. The van der Waals surface area contributed by atoms with Crippen LogP contribution >= 0.6 is 15.9 Å². The fourth-order valence-corrected chi connectivity index (χ4v) is 2.27. The van der Waals surface area contributed by atoms with E-state index >= 15 is 0 Å². The van der Waals surface area contributed by atoms with Gasteiger partial charge in [0, 0.05) is 6.54 Å². The van der Waals surface area contributed by atoms with E-state index in [4.69, 9.17) is 5.73 Å². The molecule has 0 atom stereocenters. The van der Waals surface area contributed by atoms with E-state index in [-0.39, 0.29) is 5.78 Å². The predicted octanol–water partition coefficient (Wildman–Crippen LogP) is 2.08. The molecule has 0 aliphatic heterocycles. The molecule has 0 fully saturated rings. The van der Waals surface area contributed by atoms with Crippen molar-refractivity contribution >= 4 is 21.7 Å². The Hall–Kier alpha value is -0.680. The summed E-state index contributed by atoms with van der Waals surface area (Å²) in [5, 5.41) is 4.46. The summed E-state index contributed by atoms with van der Waals surface area (Å²) in [6, 6.07) is 0. The summed E-state index contributed by atoms with van der Waals surface area (Å²) in [4.78, 5) is 12.0. The Bertz CT molecular complexity index is 418. The molecule has 0 spiro atoms. The fraction of sp³-hybridized carbons (Fsp3) is 0.667. The highest BCUT2D eigenvalue weighted by molar-refractivity contribution is 9.10. The monoisotopic (exact) mass is 301 g/mol. The van der Waals surface area contributed by atoms with Crippen LogP contribution in [0.25, 0.3) is 0 Å². The van der Waals surface area contributed by atoms with Gasteiger partial charge in [0.25, 0.3) is 0 Å². The largest absolute Gasteiger partial charge is 0.319 e. The van der Waals surface area contributed by atoms with E-state index < -0.39 is 5.54 Å². The molecule has 0 unspecified atom stereocenters. The van der Waals surface area contributed by atoms with Crippen LogP contribution in [0.15, 0.2) is 4.47 Å². The summed E-state index contributed by atoms with van der Waals surface area (Å²) in [5.41, 5.74) is 6.93. The van der Waals surface area contributed by atoms with Crippen molar-refractivity contribution in [1.29, 1.82) is 0 Å². The average molecular weight is 302 g/mol. The lowest BCUT2D eigenvalue weighted by atomic mass is 9.97. The normalized spacial score (nSPS) is 11.9. The third-order valence-electron chi connectivity index (χ3n) is 2.74. The molecule has 1 rings (SSSR count). The molecule has 5 heteroatoms. The number of carbonyl (C=O) groups excluding carboxylic acids is 1. The van der Waals surface area contributed by atoms with Crippen molar-refractivity contribution < 1.29 is 4.79 Å². The number of hydrogen-bond donors (Lipinski definition) is 1. The van der Waals surface area contributed by atoms with E-state index in [1.165, 1.54) is 0 Å². The van der Waals surface area contributed by atoms with Crippen molar-refractivity contribution in [2.75, 3.05) is 0 Å². The van der Waals surface area contributed by atoms with Crippen LogP contribution in [0.4, 0.5) is 0 Å². The summed E-state index contributed by atoms with van der Waals surface area (Å²) in [7, 11) is 0. The van der Waals surface area contributed by atoms with Crippen molar-refractivity contribution in [3.63, 3.8) is 0 Å². The summed E-state index contributed by atoms with van der Waals surface area (Å²) >= 11 is 3.52. The van der Waals surface area contributed by atoms with Crippen LogP contribution in [-0.4, -0.2) is 21.1 Å². The lowest BCUT2D eigenvalue weighted by Gasteiger charge is -2.17. The smallest absolute Gasteiger partial charge is 0.158 e. The number of hydrogen-bond acceptors (Lipinski definition) is 3. The minimum atomic E-state index is -0.797. The van der Waals surface area contributed by atoms with Gasteiger partial charge in [-0.3, -0.25) is 9.48 Å². The van der Waals surface area contributed by atoms with Crippen molar-refractivity contribution in [3.05, 3.63) is 15.9 Å². The lowest BCUT2D eigenvalue weighted by molar-refractivity contribution is -0.122. The summed E-state index contributed by atoms with van der Waals surface area (Å²) in [6.45, 7) is 8.28. The van der Waals surface area contributed by atoms with Gasteiger partial charge >= 0.3 is 0 Å². The van der Waals surface area contributed by atoms with Crippen LogP contribution in [0.2, 0.25) is 0 Å². The second kappa shape index (κ2) is 5.31. The zero-order valence-corrected chi connectivity index (χ0v) is 12.5. The van der Waals surface area contributed by atoms with Crippen molar-refractivity contribution in [1.82, 2.24) is 9.78 Å². The highest BCUT2D eigenvalue weighted by Gasteiger charge is 2.25. The first-order valence-corrected chi connectivity index (χ1v) is 6.66. The number of Topliss-reactive ketones (excluding diaryl/α,β-unsaturated/α-hetero) is 1. The van der Waals surface area contributed by atoms with E-state index in [0.29, 0.717) is 6.42 Å². The molecule has 96 valence electrons. The Morgan fingerprint density at radius 2 is 2.06 bits per heavy atom. The molecule has 1 heterocycles. The summed E-state index contributed by atoms with van der Waals surface area (Å²) in [6.07, 6.45) is 1.17. The van der Waals surface area contributed by atoms with E-state index in [0.717, 1.165) is 28.8 Å². The van der Waals surface area contributed by atoms with E-state index in [2.05, 4.69) is 21.0 Å². The molecule has 0 amide bonds. The Balaban J connectivity index is 3.05. The van der Waals surface area contributed by atoms with E-state index in [1.54, 1.807) is 13.8 Å². The van der Waals surface area contributed by atoms with Gasteiger partial charge in [-0.15, -0.1) is 0 Å². The number of ketones is 1. The Morgan fingerprint density at radius 3 is 2.47 bits per heavy atom. The molecule has 0 aromatic carbocycles. The fourth-order valence-electron chi connectivity index (χ4n) is 1.57. The first-order valence-electron chi connectivity index (χ1n) is 5.87. The van der Waals surface area contributed by atoms with Crippen LogP contribution in [0.3, 0.4) is 0 Å². The molecular formula is C12H20BrN3O.